The molecule has 1 saturated carbocycles. The van der Waals surface area contributed by atoms with Gasteiger partial charge < -0.3 is 14.8 Å². The third-order valence-corrected chi connectivity index (χ3v) is 3.89. The number of aryl methyl sites for hydroxylation is 1. The van der Waals surface area contributed by atoms with Gasteiger partial charge in [0.05, 0.1) is 6.26 Å². The molecule has 0 radical (unpaired) electrons. The SMILES string of the molecule is Cc1ccoc1C(=O)NCC1CCCCC1CO. The van der Waals surface area contributed by atoms with Gasteiger partial charge in [0, 0.05) is 18.7 Å². The summed E-state index contributed by atoms with van der Waals surface area (Å²) in [6.07, 6.45) is 6.06. The van der Waals surface area contributed by atoms with Gasteiger partial charge >= 0.3 is 0 Å². The van der Waals surface area contributed by atoms with Crippen LogP contribution in [-0.4, -0.2) is 24.2 Å². The summed E-state index contributed by atoms with van der Waals surface area (Å²) in [5, 5.41) is 12.2. The largest absolute Gasteiger partial charge is 0.459 e. The zero-order chi connectivity index (χ0) is 13.0. The van der Waals surface area contributed by atoms with E-state index in [1.807, 2.05) is 6.92 Å². The third kappa shape index (κ3) is 2.93. The topological polar surface area (TPSA) is 62.5 Å². The molecule has 1 heterocycles. The number of carbonyl (C=O) groups is 1. The average molecular weight is 251 g/mol. The molecule has 2 rings (SSSR count). The zero-order valence-corrected chi connectivity index (χ0v) is 10.8. The van der Waals surface area contributed by atoms with Crippen molar-refractivity contribution in [2.45, 2.75) is 32.6 Å². The van der Waals surface area contributed by atoms with E-state index in [4.69, 9.17) is 4.42 Å². The number of hydrogen-bond donors (Lipinski definition) is 2. The molecule has 2 unspecified atom stereocenters. The van der Waals surface area contributed by atoms with Gasteiger partial charge in [-0.05, 0) is 37.7 Å². The summed E-state index contributed by atoms with van der Waals surface area (Å²) in [6.45, 7) is 2.71. The molecule has 0 spiro atoms. The highest BCUT2D eigenvalue weighted by atomic mass is 16.3. The molecule has 1 aliphatic rings. The van der Waals surface area contributed by atoms with Gasteiger partial charge in [0.15, 0.2) is 5.76 Å². The molecular weight excluding hydrogens is 230 g/mol. The molecular formula is C14H21NO3. The standard InChI is InChI=1S/C14H21NO3/c1-10-6-7-18-13(10)14(17)15-8-11-4-2-3-5-12(11)9-16/h6-7,11-12,16H,2-5,8-9H2,1H3,(H,15,17). The Kier molecular flexibility index (Phi) is 4.42. The van der Waals surface area contributed by atoms with Crippen molar-refractivity contribution in [2.75, 3.05) is 13.2 Å². The minimum atomic E-state index is -0.153. The summed E-state index contributed by atoms with van der Waals surface area (Å²) in [5.41, 5.74) is 0.856. The van der Waals surface area contributed by atoms with Crippen LogP contribution in [0, 0.1) is 18.8 Å². The molecule has 2 N–H and O–H groups in total. The maximum atomic E-state index is 11.9. The maximum Gasteiger partial charge on any atom is 0.287 e. The first kappa shape index (κ1) is 13.1. The Labute approximate surface area is 107 Å². The Morgan fingerprint density at radius 2 is 2.17 bits per heavy atom. The van der Waals surface area contributed by atoms with Gasteiger partial charge in [0.2, 0.25) is 0 Å². The number of furan rings is 1. The summed E-state index contributed by atoms with van der Waals surface area (Å²) >= 11 is 0. The molecule has 1 aliphatic carbocycles. The van der Waals surface area contributed by atoms with Crippen molar-refractivity contribution >= 4 is 5.91 Å². The molecule has 1 amide bonds. The third-order valence-electron chi connectivity index (χ3n) is 3.89. The molecule has 4 nitrogen and oxygen atoms in total. The molecule has 0 aliphatic heterocycles. The monoisotopic (exact) mass is 251 g/mol. The number of aliphatic hydroxyl groups is 1. The molecule has 0 aromatic carbocycles. The van der Waals surface area contributed by atoms with Crippen molar-refractivity contribution in [1.29, 1.82) is 0 Å². The summed E-state index contributed by atoms with van der Waals surface area (Å²) in [7, 11) is 0. The first-order chi connectivity index (χ1) is 8.72. The molecule has 1 aromatic heterocycles. The average Bonchev–Trinajstić information content (AvgIpc) is 2.82. The fraction of sp³-hybridized carbons (Fsp3) is 0.643. The van der Waals surface area contributed by atoms with E-state index in [0.717, 1.165) is 18.4 Å². The molecule has 2 atom stereocenters. The summed E-state index contributed by atoms with van der Waals surface area (Å²) < 4.78 is 5.16. The molecule has 0 bridgehead atoms. The van der Waals surface area contributed by atoms with E-state index >= 15 is 0 Å². The fourth-order valence-electron chi connectivity index (χ4n) is 2.70. The van der Waals surface area contributed by atoms with Crippen LogP contribution in [0.1, 0.15) is 41.8 Å². The highest BCUT2D eigenvalue weighted by Crippen LogP contribution is 2.29. The van der Waals surface area contributed by atoms with Gasteiger partial charge in [-0.3, -0.25) is 4.79 Å². The summed E-state index contributed by atoms with van der Waals surface area (Å²) in [5.74, 6) is 0.964. The van der Waals surface area contributed by atoms with Crippen LogP contribution in [0.25, 0.3) is 0 Å². The van der Waals surface area contributed by atoms with Crippen molar-refractivity contribution in [3.63, 3.8) is 0 Å². The predicted molar refractivity (Wildman–Crippen MR) is 68.3 cm³/mol. The van der Waals surface area contributed by atoms with E-state index in [-0.39, 0.29) is 12.5 Å². The normalized spacial score (nSPS) is 23.9. The van der Waals surface area contributed by atoms with Gasteiger partial charge in [0.1, 0.15) is 0 Å². The van der Waals surface area contributed by atoms with Crippen LogP contribution < -0.4 is 5.32 Å². The summed E-state index contributed by atoms with van der Waals surface area (Å²) in [4.78, 5) is 11.9. The van der Waals surface area contributed by atoms with Crippen LogP contribution in [0.2, 0.25) is 0 Å². The Bertz CT molecular complexity index is 399. The minimum absolute atomic E-state index is 0.153. The lowest BCUT2D eigenvalue weighted by Crippen LogP contribution is -2.35. The Balaban J connectivity index is 1.87. The van der Waals surface area contributed by atoms with Crippen molar-refractivity contribution < 1.29 is 14.3 Å². The number of aliphatic hydroxyl groups excluding tert-OH is 1. The second-order valence-corrected chi connectivity index (χ2v) is 5.13. The van der Waals surface area contributed by atoms with E-state index in [1.165, 1.54) is 19.1 Å². The number of hydrogen-bond acceptors (Lipinski definition) is 3. The van der Waals surface area contributed by atoms with E-state index in [1.54, 1.807) is 6.07 Å². The highest BCUT2D eigenvalue weighted by molar-refractivity contribution is 5.92. The van der Waals surface area contributed by atoms with E-state index < -0.39 is 0 Å². The quantitative estimate of drug-likeness (QED) is 0.861. The van der Waals surface area contributed by atoms with Crippen molar-refractivity contribution in [3.8, 4) is 0 Å². The number of nitrogens with one attached hydrogen (secondary N) is 1. The van der Waals surface area contributed by atoms with Crippen LogP contribution in [0.4, 0.5) is 0 Å². The van der Waals surface area contributed by atoms with Crippen LogP contribution in [-0.2, 0) is 0 Å². The predicted octanol–water partition coefficient (Wildman–Crippen LogP) is 2.12. The second kappa shape index (κ2) is 6.05. The first-order valence-electron chi connectivity index (χ1n) is 6.65. The zero-order valence-electron chi connectivity index (χ0n) is 10.8. The van der Waals surface area contributed by atoms with Crippen LogP contribution in [0.3, 0.4) is 0 Å². The summed E-state index contributed by atoms with van der Waals surface area (Å²) in [6, 6.07) is 1.78. The number of rotatable bonds is 4. The van der Waals surface area contributed by atoms with Gasteiger partial charge in [-0.25, -0.2) is 0 Å². The van der Waals surface area contributed by atoms with E-state index in [0.29, 0.717) is 24.1 Å². The Hall–Kier alpha value is -1.29. The number of carbonyl (C=O) groups excluding carboxylic acids is 1. The van der Waals surface area contributed by atoms with Crippen LogP contribution >= 0.6 is 0 Å². The minimum Gasteiger partial charge on any atom is -0.459 e. The molecule has 100 valence electrons. The van der Waals surface area contributed by atoms with Crippen LogP contribution in [0.15, 0.2) is 16.7 Å². The number of amides is 1. The smallest absolute Gasteiger partial charge is 0.287 e. The van der Waals surface area contributed by atoms with Crippen LogP contribution in [0.5, 0.6) is 0 Å². The lowest BCUT2D eigenvalue weighted by Gasteiger charge is -2.30. The molecule has 0 saturated heterocycles. The lowest BCUT2D eigenvalue weighted by molar-refractivity contribution is 0.0882. The van der Waals surface area contributed by atoms with Gasteiger partial charge in [0.25, 0.3) is 5.91 Å². The van der Waals surface area contributed by atoms with Gasteiger partial charge in [-0.1, -0.05) is 12.8 Å². The molecule has 4 heteroatoms. The highest BCUT2D eigenvalue weighted by Gasteiger charge is 2.25. The van der Waals surface area contributed by atoms with Crippen molar-refractivity contribution in [2.24, 2.45) is 11.8 Å². The van der Waals surface area contributed by atoms with Gasteiger partial charge in [-0.2, -0.15) is 0 Å². The van der Waals surface area contributed by atoms with E-state index in [2.05, 4.69) is 5.32 Å². The molecule has 18 heavy (non-hydrogen) atoms. The van der Waals surface area contributed by atoms with Crippen molar-refractivity contribution in [1.82, 2.24) is 5.32 Å². The second-order valence-electron chi connectivity index (χ2n) is 5.13. The molecule has 1 aromatic rings. The molecule has 1 fully saturated rings. The van der Waals surface area contributed by atoms with E-state index in [9.17, 15) is 9.90 Å². The maximum absolute atomic E-state index is 11.9. The Morgan fingerprint density at radius 3 is 2.78 bits per heavy atom. The fourth-order valence-corrected chi connectivity index (χ4v) is 2.70. The van der Waals surface area contributed by atoms with Crippen molar-refractivity contribution in [3.05, 3.63) is 23.7 Å². The first-order valence-corrected chi connectivity index (χ1v) is 6.65. The Morgan fingerprint density at radius 1 is 1.44 bits per heavy atom. The van der Waals surface area contributed by atoms with Gasteiger partial charge in [-0.15, -0.1) is 0 Å². The lowest BCUT2D eigenvalue weighted by atomic mass is 9.79.